The summed E-state index contributed by atoms with van der Waals surface area (Å²) in [5, 5.41) is 2.92. The van der Waals surface area contributed by atoms with Crippen molar-refractivity contribution in [2.45, 2.75) is 37.9 Å². The molecule has 1 N–H and O–H groups in total. The maximum Gasteiger partial charge on any atom is 0.251 e. The lowest BCUT2D eigenvalue weighted by Crippen LogP contribution is -2.34. The van der Waals surface area contributed by atoms with Crippen LogP contribution in [0.25, 0.3) is 0 Å². The van der Waals surface area contributed by atoms with Crippen LogP contribution in [0.5, 0.6) is 23.0 Å². The molecule has 0 unspecified atom stereocenters. The topological polar surface area (TPSA) is 66.0 Å². The summed E-state index contributed by atoms with van der Waals surface area (Å²) in [5.41, 5.74) is 1.54. The number of methoxy groups -OCH3 is 2. The fourth-order valence-electron chi connectivity index (χ4n) is 3.67. The van der Waals surface area contributed by atoms with Gasteiger partial charge in [0.1, 0.15) is 0 Å². The lowest BCUT2D eigenvalue weighted by atomic mass is 10.1. The lowest BCUT2D eigenvalue weighted by molar-refractivity contribution is -0.115. The number of rotatable bonds is 5. The first kappa shape index (κ1) is 17.5. The molecule has 2 aromatic rings. The Hall–Kier alpha value is -2.89. The number of hydrogen-bond donors (Lipinski definition) is 1. The Bertz CT molecular complexity index is 858. The van der Waals surface area contributed by atoms with E-state index in [1.54, 1.807) is 20.3 Å². The summed E-state index contributed by atoms with van der Waals surface area (Å²) in [7, 11) is 3.16. The molecule has 6 nitrogen and oxygen atoms in total. The van der Waals surface area contributed by atoms with E-state index < -0.39 is 5.79 Å². The zero-order valence-corrected chi connectivity index (χ0v) is 15.5. The summed E-state index contributed by atoms with van der Waals surface area (Å²) in [6.07, 6.45) is 4.27. The molecular formula is C21H23NO5. The average molecular weight is 369 g/mol. The van der Waals surface area contributed by atoms with Crippen LogP contribution >= 0.6 is 0 Å². The number of carbonyl (C=O) groups excluding carboxylic acids is 1. The van der Waals surface area contributed by atoms with Crippen LogP contribution in [0.3, 0.4) is 0 Å². The first-order valence-corrected chi connectivity index (χ1v) is 9.14. The molecule has 0 bridgehead atoms. The largest absolute Gasteiger partial charge is 0.493 e. The molecule has 0 saturated heterocycles. The van der Waals surface area contributed by atoms with E-state index >= 15 is 0 Å². The van der Waals surface area contributed by atoms with Crippen molar-refractivity contribution >= 4 is 11.6 Å². The molecule has 1 spiro atoms. The molecule has 1 amide bonds. The van der Waals surface area contributed by atoms with Crippen LogP contribution in [-0.4, -0.2) is 25.9 Å². The minimum absolute atomic E-state index is 0.114. The summed E-state index contributed by atoms with van der Waals surface area (Å²) < 4.78 is 22.6. The van der Waals surface area contributed by atoms with Gasteiger partial charge in [-0.15, -0.1) is 0 Å². The normalized spacial score (nSPS) is 16.4. The van der Waals surface area contributed by atoms with E-state index in [9.17, 15) is 4.79 Å². The van der Waals surface area contributed by atoms with E-state index in [1.165, 1.54) is 0 Å². The predicted molar refractivity (Wildman–Crippen MR) is 101 cm³/mol. The Balaban J connectivity index is 1.42. The van der Waals surface area contributed by atoms with Crippen LogP contribution in [0.4, 0.5) is 5.69 Å². The maximum absolute atomic E-state index is 12.4. The third-order valence-electron chi connectivity index (χ3n) is 5.00. The van der Waals surface area contributed by atoms with Gasteiger partial charge in [0.05, 0.1) is 20.6 Å². The number of hydrogen-bond acceptors (Lipinski definition) is 5. The molecule has 1 saturated carbocycles. The zero-order chi connectivity index (χ0) is 18.9. The number of carbonyl (C=O) groups is 1. The highest BCUT2D eigenvalue weighted by Gasteiger charge is 2.44. The van der Waals surface area contributed by atoms with Crippen LogP contribution in [0.1, 0.15) is 31.2 Å². The standard InChI is InChI=1S/C21H23NO5/c1-24-16-7-5-14(11-18(16)25-2)12-20(23)22-15-6-8-17-19(13-15)27-21(26-17)9-3-4-10-21/h5-8,11,13H,3-4,9-10,12H2,1-2H3,(H,22,23). The van der Waals surface area contributed by atoms with Crippen molar-refractivity contribution in [3.05, 3.63) is 42.0 Å². The van der Waals surface area contributed by atoms with Gasteiger partial charge in [-0.25, -0.2) is 0 Å². The Kier molecular flexibility index (Phi) is 4.56. The smallest absolute Gasteiger partial charge is 0.251 e. The summed E-state index contributed by atoms with van der Waals surface area (Å²) in [5.74, 6) is 2.07. The molecular weight excluding hydrogens is 346 g/mol. The molecule has 2 aromatic carbocycles. The monoisotopic (exact) mass is 369 g/mol. The third-order valence-corrected chi connectivity index (χ3v) is 5.00. The lowest BCUT2D eigenvalue weighted by Gasteiger charge is -2.21. The fraction of sp³-hybridized carbons (Fsp3) is 0.381. The molecule has 0 aromatic heterocycles. The molecule has 4 rings (SSSR count). The summed E-state index contributed by atoms with van der Waals surface area (Å²) in [6.45, 7) is 0. The van der Waals surface area contributed by atoms with Crippen molar-refractivity contribution in [2.75, 3.05) is 19.5 Å². The van der Waals surface area contributed by atoms with Crippen molar-refractivity contribution in [3.8, 4) is 23.0 Å². The Labute approximate surface area is 158 Å². The zero-order valence-electron chi connectivity index (χ0n) is 15.5. The van der Waals surface area contributed by atoms with Gasteiger partial charge in [0.25, 0.3) is 5.79 Å². The Morgan fingerprint density at radius 2 is 1.74 bits per heavy atom. The van der Waals surface area contributed by atoms with Crippen molar-refractivity contribution in [1.82, 2.24) is 0 Å². The van der Waals surface area contributed by atoms with Gasteiger partial charge >= 0.3 is 0 Å². The summed E-state index contributed by atoms with van der Waals surface area (Å²) in [6, 6.07) is 11.0. The number of anilines is 1. The van der Waals surface area contributed by atoms with Crippen molar-refractivity contribution in [1.29, 1.82) is 0 Å². The van der Waals surface area contributed by atoms with E-state index in [-0.39, 0.29) is 12.3 Å². The highest BCUT2D eigenvalue weighted by atomic mass is 16.7. The van der Waals surface area contributed by atoms with Crippen LogP contribution in [0.15, 0.2) is 36.4 Å². The Morgan fingerprint density at radius 3 is 2.48 bits per heavy atom. The molecule has 1 heterocycles. The second kappa shape index (κ2) is 7.02. The minimum atomic E-state index is -0.495. The van der Waals surface area contributed by atoms with Gasteiger partial charge < -0.3 is 24.3 Å². The molecule has 0 atom stereocenters. The quantitative estimate of drug-likeness (QED) is 0.865. The Morgan fingerprint density at radius 1 is 1.00 bits per heavy atom. The molecule has 1 fully saturated rings. The molecule has 6 heteroatoms. The predicted octanol–water partition coefficient (Wildman–Crippen LogP) is 3.93. The fourth-order valence-corrected chi connectivity index (χ4v) is 3.67. The van der Waals surface area contributed by atoms with Gasteiger partial charge in [-0.1, -0.05) is 6.07 Å². The van der Waals surface area contributed by atoms with Gasteiger partial charge in [0.2, 0.25) is 5.91 Å². The number of benzene rings is 2. The van der Waals surface area contributed by atoms with Crippen LogP contribution in [-0.2, 0) is 11.2 Å². The number of nitrogens with one attached hydrogen (secondary N) is 1. The first-order valence-electron chi connectivity index (χ1n) is 9.14. The van der Waals surface area contributed by atoms with E-state index in [2.05, 4.69) is 5.32 Å². The SMILES string of the molecule is COc1ccc(CC(=O)Nc2ccc3c(c2)OC2(CCCC2)O3)cc1OC. The van der Waals surface area contributed by atoms with Gasteiger partial charge in [0.15, 0.2) is 23.0 Å². The van der Waals surface area contributed by atoms with Crippen LogP contribution in [0.2, 0.25) is 0 Å². The second-order valence-corrected chi connectivity index (χ2v) is 6.90. The van der Waals surface area contributed by atoms with Gasteiger partial charge in [-0.3, -0.25) is 4.79 Å². The van der Waals surface area contributed by atoms with Crippen molar-refractivity contribution < 1.29 is 23.7 Å². The van der Waals surface area contributed by atoms with Gasteiger partial charge in [-0.2, -0.15) is 0 Å². The van der Waals surface area contributed by atoms with Crippen molar-refractivity contribution in [2.24, 2.45) is 0 Å². The maximum atomic E-state index is 12.4. The minimum Gasteiger partial charge on any atom is -0.493 e. The van der Waals surface area contributed by atoms with Crippen LogP contribution < -0.4 is 24.3 Å². The molecule has 2 aliphatic rings. The van der Waals surface area contributed by atoms with E-state index in [0.29, 0.717) is 22.9 Å². The van der Waals surface area contributed by atoms with Crippen LogP contribution in [0, 0.1) is 0 Å². The number of fused-ring (bicyclic) bond motifs is 1. The third kappa shape index (κ3) is 3.52. The van der Waals surface area contributed by atoms with Crippen molar-refractivity contribution in [3.63, 3.8) is 0 Å². The van der Waals surface area contributed by atoms with E-state index in [4.69, 9.17) is 18.9 Å². The average Bonchev–Trinajstić information content (AvgIpc) is 3.27. The van der Waals surface area contributed by atoms with Gasteiger partial charge in [-0.05, 0) is 42.7 Å². The second-order valence-electron chi connectivity index (χ2n) is 6.90. The van der Waals surface area contributed by atoms with Gasteiger partial charge in [0, 0.05) is 24.6 Å². The van der Waals surface area contributed by atoms with E-state index in [1.807, 2.05) is 30.3 Å². The first-order chi connectivity index (χ1) is 13.1. The van der Waals surface area contributed by atoms with E-state index in [0.717, 1.165) is 37.0 Å². The summed E-state index contributed by atoms with van der Waals surface area (Å²) in [4.78, 5) is 12.4. The molecule has 1 aliphatic carbocycles. The highest BCUT2D eigenvalue weighted by molar-refractivity contribution is 5.92. The summed E-state index contributed by atoms with van der Waals surface area (Å²) >= 11 is 0. The molecule has 1 aliphatic heterocycles. The molecule has 0 radical (unpaired) electrons. The number of ether oxygens (including phenoxy) is 4. The highest BCUT2D eigenvalue weighted by Crippen LogP contribution is 2.47. The molecule has 27 heavy (non-hydrogen) atoms. The molecule has 142 valence electrons. The number of amides is 1.